The van der Waals surface area contributed by atoms with Gasteiger partial charge in [-0.25, -0.2) is 9.50 Å². The fourth-order valence-electron chi connectivity index (χ4n) is 2.06. The molecule has 0 spiro atoms. The molecule has 2 heterocycles. The minimum Gasteiger partial charge on any atom is -0.393 e. The van der Waals surface area contributed by atoms with Gasteiger partial charge in [-0.3, -0.25) is 0 Å². The van der Waals surface area contributed by atoms with Crippen molar-refractivity contribution in [3.8, 4) is 0 Å². The summed E-state index contributed by atoms with van der Waals surface area (Å²) < 4.78 is 1.88. The van der Waals surface area contributed by atoms with Crippen LogP contribution in [0.5, 0.6) is 0 Å². The molecule has 20 heavy (non-hydrogen) atoms. The molecule has 0 saturated carbocycles. The maximum atomic E-state index is 9.41. The lowest BCUT2D eigenvalue weighted by molar-refractivity contribution is 0.187. The van der Waals surface area contributed by atoms with Gasteiger partial charge in [-0.05, 0) is 19.4 Å². The van der Waals surface area contributed by atoms with Gasteiger partial charge in [0.15, 0.2) is 5.82 Å². The third-order valence-electron chi connectivity index (χ3n) is 3.38. The Morgan fingerprint density at radius 2 is 2.10 bits per heavy atom. The number of anilines is 1. The van der Waals surface area contributed by atoms with E-state index in [-0.39, 0.29) is 11.5 Å². The van der Waals surface area contributed by atoms with Crippen LogP contribution in [-0.2, 0) is 5.41 Å². The highest BCUT2D eigenvalue weighted by Gasteiger charge is 2.20. The lowest BCUT2D eigenvalue weighted by atomic mass is 9.92. The number of rotatable bonds is 4. The van der Waals surface area contributed by atoms with Crippen LogP contribution >= 0.6 is 0 Å². The fraction of sp³-hybridized carbons (Fsp3) is 0.600. The van der Waals surface area contributed by atoms with E-state index in [1.54, 1.807) is 13.1 Å². The Hall–Kier alpha value is -1.62. The average molecular weight is 276 g/mol. The maximum Gasteiger partial charge on any atom is 0.154 e. The fourth-order valence-corrected chi connectivity index (χ4v) is 2.06. The second kappa shape index (κ2) is 5.40. The molecule has 0 aromatic carbocycles. The van der Waals surface area contributed by atoms with Crippen molar-refractivity contribution in [2.75, 3.05) is 18.5 Å². The van der Waals surface area contributed by atoms with E-state index < -0.39 is 0 Å². The predicted octanol–water partition coefficient (Wildman–Crippen LogP) is 2.23. The highest BCUT2D eigenvalue weighted by molar-refractivity contribution is 5.69. The molecule has 0 saturated heterocycles. The van der Waals surface area contributed by atoms with Crippen LogP contribution in [0.3, 0.4) is 0 Å². The molecule has 110 valence electrons. The maximum absolute atomic E-state index is 9.41. The van der Waals surface area contributed by atoms with Gasteiger partial charge in [0.25, 0.3) is 0 Å². The van der Waals surface area contributed by atoms with Crippen LogP contribution in [0.1, 0.15) is 39.8 Å². The van der Waals surface area contributed by atoms with Crippen molar-refractivity contribution in [1.29, 1.82) is 0 Å². The summed E-state index contributed by atoms with van der Waals surface area (Å²) in [6, 6.07) is 2.10. The molecule has 1 atom stereocenters. The largest absolute Gasteiger partial charge is 0.393 e. The monoisotopic (exact) mass is 276 g/mol. The highest BCUT2D eigenvalue weighted by atomic mass is 16.3. The van der Waals surface area contributed by atoms with Crippen LogP contribution in [-0.4, -0.2) is 39.4 Å². The second-order valence-corrected chi connectivity index (χ2v) is 6.42. The molecular weight excluding hydrogens is 252 g/mol. The molecule has 2 aromatic heterocycles. The van der Waals surface area contributed by atoms with Gasteiger partial charge in [-0.2, -0.15) is 5.10 Å². The topological polar surface area (TPSA) is 53.7 Å². The third kappa shape index (κ3) is 3.10. The Balaban J connectivity index is 2.36. The Morgan fingerprint density at radius 3 is 2.70 bits per heavy atom. The number of hydrogen-bond donors (Lipinski definition) is 1. The van der Waals surface area contributed by atoms with Gasteiger partial charge in [0, 0.05) is 31.4 Å². The summed E-state index contributed by atoms with van der Waals surface area (Å²) in [5.41, 5.74) is 2.07. The molecule has 0 aliphatic carbocycles. The molecule has 1 unspecified atom stereocenters. The van der Waals surface area contributed by atoms with E-state index in [9.17, 15) is 5.11 Å². The number of nitrogens with zero attached hydrogens (tertiary/aromatic N) is 4. The molecule has 2 aromatic rings. The predicted molar refractivity (Wildman–Crippen MR) is 81.3 cm³/mol. The van der Waals surface area contributed by atoms with Gasteiger partial charge in [0.1, 0.15) is 5.52 Å². The van der Waals surface area contributed by atoms with Gasteiger partial charge in [0.2, 0.25) is 0 Å². The molecule has 0 amide bonds. The molecule has 0 aliphatic heterocycles. The Kier molecular flexibility index (Phi) is 3.99. The molecular formula is C15H24N4O. The summed E-state index contributed by atoms with van der Waals surface area (Å²) in [5.74, 6) is 0.899. The van der Waals surface area contributed by atoms with Crippen LogP contribution < -0.4 is 4.90 Å². The van der Waals surface area contributed by atoms with E-state index in [2.05, 4.69) is 41.8 Å². The molecule has 0 aliphatic rings. The Bertz CT molecular complexity index is 583. The van der Waals surface area contributed by atoms with Crippen LogP contribution in [0.25, 0.3) is 5.52 Å². The third-order valence-corrected chi connectivity index (χ3v) is 3.38. The zero-order valence-corrected chi connectivity index (χ0v) is 13.0. The SMILES string of the molecule is CC(O)CCN(C)c1nccn2nc(C(C)(C)C)cc12. The second-order valence-electron chi connectivity index (χ2n) is 6.42. The first-order valence-corrected chi connectivity index (χ1v) is 7.03. The van der Waals surface area contributed by atoms with Crippen LogP contribution in [0.4, 0.5) is 5.82 Å². The van der Waals surface area contributed by atoms with E-state index >= 15 is 0 Å². The van der Waals surface area contributed by atoms with E-state index in [1.165, 1.54) is 0 Å². The van der Waals surface area contributed by atoms with Gasteiger partial charge in [0.05, 0.1) is 11.8 Å². The number of aromatic nitrogens is 3. The smallest absolute Gasteiger partial charge is 0.154 e. The summed E-state index contributed by atoms with van der Waals surface area (Å²) >= 11 is 0. The quantitative estimate of drug-likeness (QED) is 0.930. The molecule has 0 radical (unpaired) electrons. The van der Waals surface area contributed by atoms with E-state index in [4.69, 9.17) is 0 Å². The van der Waals surface area contributed by atoms with Crippen molar-refractivity contribution >= 4 is 11.3 Å². The van der Waals surface area contributed by atoms with E-state index in [1.807, 2.05) is 17.8 Å². The van der Waals surface area contributed by atoms with Crippen LogP contribution in [0.2, 0.25) is 0 Å². The first-order chi connectivity index (χ1) is 9.29. The molecule has 2 rings (SSSR count). The number of fused-ring (bicyclic) bond motifs is 1. The summed E-state index contributed by atoms with van der Waals surface area (Å²) in [7, 11) is 1.99. The summed E-state index contributed by atoms with van der Waals surface area (Å²) in [6.07, 6.45) is 4.06. The number of aliphatic hydroxyl groups is 1. The van der Waals surface area contributed by atoms with Crippen LogP contribution in [0, 0.1) is 0 Å². The highest BCUT2D eigenvalue weighted by Crippen LogP contribution is 2.25. The van der Waals surface area contributed by atoms with Gasteiger partial charge in [-0.15, -0.1) is 0 Å². The lowest BCUT2D eigenvalue weighted by Gasteiger charge is -2.19. The average Bonchev–Trinajstić information content (AvgIpc) is 2.79. The molecule has 5 heteroatoms. The first-order valence-electron chi connectivity index (χ1n) is 7.03. The Morgan fingerprint density at radius 1 is 1.40 bits per heavy atom. The van der Waals surface area contributed by atoms with E-state index in [0.29, 0.717) is 0 Å². The van der Waals surface area contributed by atoms with Crippen molar-refractivity contribution in [2.45, 2.75) is 45.6 Å². The summed E-state index contributed by atoms with van der Waals surface area (Å²) in [4.78, 5) is 6.53. The van der Waals surface area contributed by atoms with Crippen molar-refractivity contribution < 1.29 is 5.11 Å². The van der Waals surface area contributed by atoms with E-state index in [0.717, 1.165) is 30.0 Å². The summed E-state index contributed by atoms with van der Waals surface area (Å²) in [5, 5.41) is 14.0. The normalized spacial score (nSPS) is 13.7. The molecule has 1 N–H and O–H groups in total. The van der Waals surface area contributed by atoms with Gasteiger partial charge in [-0.1, -0.05) is 20.8 Å². The minimum atomic E-state index is -0.299. The number of aliphatic hydroxyl groups excluding tert-OH is 1. The molecule has 5 nitrogen and oxygen atoms in total. The van der Waals surface area contributed by atoms with Crippen LogP contribution in [0.15, 0.2) is 18.5 Å². The van der Waals surface area contributed by atoms with Crippen molar-refractivity contribution in [2.24, 2.45) is 0 Å². The first kappa shape index (κ1) is 14.8. The molecule has 0 fully saturated rings. The van der Waals surface area contributed by atoms with Crippen molar-refractivity contribution in [1.82, 2.24) is 14.6 Å². The van der Waals surface area contributed by atoms with Gasteiger partial charge >= 0.3 is 0 Å². The zero-order chi connectivity index (χ0) is 14.9. The lowest BCUT2D eigenvalue weighted by Crippen LogP contribution is -2.23. The molecule has 0 bridgehead atoms. The Labute approximate surface area is 120 Å². The van der Waals surface area contributed by atoms with Gasteiger partial charge < -0.3 is 10.0 Å². The zero-order valence-electron chi connectivity index (χ0n) is 13.0. The standard InChI is InChI=1S/C15H24N4O/c1-11(20)6-8-18(5)14-12-10-13(15(2,3)4)17-19(12)9-7-16-14/h7,9-11,20H,6,8H2,1-5H3. The summed E-state index contributed by atoms with van der Waals surface area (Å²) in [6.45, 7) is 9.02. The minimum absolute atomic E-state index is 0.0154. The number of hydrogen-bond acceptors (Lipinski definition) is 4. The van der Waals surface area contributed by atoms with Crippen molar-refractivity contribution in [3.63, 3.8) is 0 Å². The van der Waals surface area contributed by atoms with Crippen molar-refractivity contribution in [3.05, 3.63) is 24.2 Å².